The van der Waals surface area contributed by atoms with Gasteiger partial charge in [0, 0.05) is 15.1 Å². The van der Waals surface area contributed by atoms with Crippen molar-refractivity contribution in [3.05, 3.63) is 69.2 Å². The van der Waals surface area contributed by atoms with Crippen LogP contribution in [0, 0.1) is 0 Å². The molecule has 25 heavy (non-hydrogen) atoms. The van der Waals surface area contributed by atoms with Crippen molar-refractivity contribution >= 4 is 45.3 Å². The third kappa shape index (κ3) is 3.32. The molecule has 0 spiro atoms. The van der Waals surface area contributed by atoms with Gasteiger partial charge in [-0.2, -0.15) is 0 Å². The van der Waals surface area contributed by atoms with Crippen LogP contribution in [0.4, 0.5) is 4.79 Å². The Kier molecular flexibility index (Phi) is 4.67. The van der Waals surface area contributed by atoms with Gasteiger partial charge in [-0.05, 0) is 48.9 Å². The zero-order chi connectivity index (χ0) is 18.2. The van der Waals surface area contributed by atoms with Crippen molar-refractivity contribution in [1.29, 1.82) is 0 Å². The molecule has 0 aromatic heterocycles. The summed E-state index contributed by atoms with van der Waals surface area (Å²) in [6.07, 6.45) is 0. The Morgan fingerprint density at radius 1 is 1.20 bits per heavy atom. The van der Waals surface area contributed by atoms with Crippen LogP contribution >= 0.6 is 27.5 Å². The van der Waals surface area contributed by atoms with Crippen LogP contribution < -0.4 is 5.32 Å². The molecule has 128 valence electrons. The molecule has 1 N–H and O–H groups in total. The van der Waals surface area contributed by atoms with Crippen molar-refractivity contribution in [1.82, 2.24) is 10.2 Å². The Bertz CT molecular complexity index is 869. The third-order valence-electron chi connectivity index (χ3n) is 4.14. The minimum Gasteiger partial charge on any atom is -0.319 e. The van der Waals surface area contributed by atoms with Gasteiger partial charge in [-0.15, -0.1) is 0 Å². The Morgan fingerprint density at radius 3 is 2.52 bits per heavy atom. The largest absolute Gasteiger partial charge is 0.325 e. The van der Waals surface area contributed by atoms with Gasteiger partial charge in [0.25, 0.3) is 5.91 Å². The highest BCUT2D eigenvalue weighted by molar-refractivity contribution is 9.10. The summed E-state index contributed by atoms with van der Waals surface area (Å²) in [6.45, 7) is 1.30. The lowest BCUT2D eigenvalue weighted by Gasteiger charge is -2.22. The number of ketones is 1. The average molecular weight is 422 g/mol. The van der Waals surface area contributed by atoms with Crippen molar-refractivity contribution in [2.24, 2.45) is 0 Å². The van der Waals surface area contributed by atoms with E-state index in [0.29, 0.717) is 16.1 Å². The summed E-state index contributed by atoms with van der Waals surface area (Å²) < 4.78 is 0.795. The van der Waals surface area contributed by atoms with Crippen LogP contribution in [-0.2, 0) is 10.3 Å². The van der Waals surface area contributed by atoms with Gasteiger partial charge in [-0.1, -0.05) is 39.7 Å². The lowest BCUT2D eigenvalue weighted by molar-refractivity contribution is -0.130. The molecule has 1 atom stereocenters. The van der Waals surface area contributed by atoms with Crippen LogP contribution in [0.25, 0.3) is 0 Å². The quantitative estimate of drug-likeness (QED) is 0.604. The van der Waals surface area contributed by atoms with Gasteiger partial charge < -0.3 is 5.32 Å². The lowest BCUT2D eigenvalue weighted by Crippen LogP contribution is -2.41. The molecule has 7 heteroatoms. The van der Waals surface area contributed by atoms with Gasteiger partial charge in [-0.25, -0.2) is 4.79 Å². The van der Waals surface area contributed by atoms with Crippen LogP contribution in [0.1, 0.15) is 22.8 Å². The number of hydrogen-bond acceptors (Lipinski definition) is 3. The molecule has 1 saturated heterocycles. The van der Waals surface area contributed by atoms with E-state index in [4.69, 9.17) is 11.6 Å². The van der Waals surface area contributed by atoms with Crippen LogP contribution in [0.15, 0.2) is 53.0 Å². The molecule has 5 nitrogen and oxygen atoms in total. The molecule has 0 saturated carbocycles. The first-order chi connectivity index (χ1) is 11.8. The number of carbonyl (C=O) groups is 3. The first-order valence-corrected chi connectivity index (χ1v) is 8.67. The summed E-state index contributed by atoms with van der Waals surface area (Å²) in [5.74, 6) is -0.795. The normalized spacial score (nSPS) is 19.9. The second kappa shape index (κ2) is 6.61. The molecule has 1 fully saturated rings. The van der Waals surface area contributed by atoms with Crippen molar-refractivity contribution < 1.29 is 14.4 Å². The fourth-order valence-electron chi connectivity index (χ4n) is 2.71. The van der Waals surface area contributed by atoms with E-state index in [1.54, 1.807) is 49.4 Å². The topological polar surface area (TPSA) is 66.5 Å². The highest BCUT2D eigenvalue weighted by Gasteiger charge is 2.49. The molecule has 1 unspecified atom stereocenters. The van der Waals surface area contributed by atoms with Gasteiger partial charge in [-0.3, -0.25) is 14.5 Å². The Labute approximate surface area is 158 Å². The molecule has 0 radical (unpaired) electrons. The fourth-order valence-corrected chi connectivity index (χ4v) is 3.23. The SMILES string of the molecule is CC1(c2cccc(Br)c2)NC(=O)N(CC(=O)c2ccc(Cl)cc2)C1=O. The van der Waals surface area contributed by atoms with E-state index in [9.17, 15) is 14.4 Å². The third-order valence-corrected chi connectivity index (χ3v) is 4.89. The number of urea groups is 1. The zero-order valence-corrected chi connectivity index (χ0v) is 15.6. The summed E-state index contributed by atoms with van der Waals surface area (Å²) in [5.41, 5.74) is -0.177. The smallest absolute Gasteiger partial charge is 0.319 e. The van der Waals surface area contributed by atoms with E-state index in [2.05, 4.69) is 21.2 Å². The number of carbonyl (C=O) groups excluding carboxylic acids is 3. The summed E-state index contributed by atoms with van der Waals surface area (Å²) in [7, 11) is 0. The predicted molar refractivity (Wildman–Crippen MR) is 97.5 cm³/mol. The monoisotopic (exact) mass is 420 g/mol. The summed E-state index contributed by atoms with van der Waals surface area (Å²) in [4.78, 5) is 38.4. The molecular weight excluding hydrogens is 408 g/mol. The molecular formula is C18H14BrClN2O3. The molecule has 1 aliphatic rings. The first-order valence-electron chi connectivity index (χ1n) is 7.50. The van der Waals surface area contributed by atoms with Crippen LogP contribution in [0.3, 0.4) is 0 Å². The first kappa shape index (κ1) is 17.6. The van der Waals surface area contributed by atoms with Crippen LogP contribution in [0.5, 0.6) is 0 Å². The number of hydrogen-bond donors (Lipinski definition) is 1. The van der Waals surface area contributed by atoms with E-state index in [-0.39, 0.29) is 12.3 Å². The van der Waals surface area contributed by atoms with Crippen LogP contribution in [0.2, 0.25) is 5.02 Å². The van der Waals surface area contributed by atoms with Gasteiger partial charge in [0.15, 0.2) is 5.78 Å². The van der Waals surface area contributed by atoms with E-state index in [1.807, 2.05) is 6.07 Å². The minimum absolute atomic E-state index is 0.324. The number of benzene rings is 2. The number of nitrogens with zero attached hydrogens (tertiary/aromatic N) is 1. The number of nitrogens with one attached hydrogen (secondary N) is 1. The molecule has 1 heterocycles. The van der Waals surface area contributed by atoms with Crippen molar-refractivity contribution in [3.8, 4) is 0 Å². The molecule has 1 aliphatic heterocycles. The van der Waals surface area contributed by atoms with Gasteiger partial charge in [0.05, 0.1) is 6.54 Å². The zero-order valence-electron chi connectivity index (χ0n) is 13.3. The fraction of sp³-hybridized carbons (Fsp3) is 0.167. The van der Waals surface area contributed by atoms with Crippen molar-refractivity contribution in [2.75, 3.05) is 6.54 Å². The maximum atomic E-state index is 12.8. The van der Waals surface area contributed by atoms with Gasteiger partial charge in [0.1, 0.15) is 5.54 Å². The average Bonchev–Trinajstić information content (AvgIpc) is 2.80. The minimum atomic E-state index is -1.21. The number of Topliss-reactive ketones (excluding diaryl/α,β-unsaturated/α-hetero) is 1. The van der Waals surface area contributed by atoms with E-state index in [1.165, 1.54) is 0 Å². The number of amides is 3. The summed E-state index contributed by atoms with van der Waals surface area (Å²) in [5, 5.41) is 3.19. The maximum absolute atomic E-state index is 12.8. The van der Waals surface area contributed by atoms with Gasteiger partial charge >= 0.3 is 6.03 Å². The molecule has 0 bridgehead atoms. The second-order valence-corrected chi connectivity index (χ2v) is 7.24. The van der Waals surface area contributed by atoms with E-state index in [0.717, 1.165) is 9.37 Å². The molecule has 2 aromatic rings. The highest BCUT2D eigenvalue weighted by Crippen LogP contribution is 2.30. The summed E-state index contributed by atoms with van der Waals surface area (Å²) >= 11 is 9.16. The van der Waals surface area contributed by atoms with Gasteiger partial charge in [0.2, 0.25) is 0 Å². The maximum Gasteiger partial charge on any atom is 0.325 e. The van der Waals surface area contributed by atoms with Crippen LogP contribution in [-0.4, -0.2) is 29.2 Å². The van der Waals surface area contributed by atoms with Crippen molar-refractivity contribution in [2.45, 2.75) is 12.5 Å². The predicted octanol–water partition coefficient (Wildman–Crippen LogP) is 3.75. The lowest BCUT2D eigenvalue weighted by atomic mass is 9.92. The number of imide groups is 1. The van der Waals surface area contributed by atoms with E-state index < -0.39 is 17.5 Å². The molecule has 2 aromatic carbocycles. The Hall–Kier alpha value is -2.18. The molecule has 0 aliphatic carbocycles. The number of rotatable bonds is 4. The number of halogens is 2. The Balaban J connectivity index is 1.84. The molecule has 3 rings (SSSR count). The van der Waals surface area contributed by atoms with E-state index >= 15 is 0 Å². The summed E-state index contributed by atoms with van der Waals surface area (Å²) in [6, 6.07) is 12.9. The molecule has 3 amide bonds. The Morgan fingerprint density at radius 2 is 1.88 bits per heavy atom. The van der Waals surface area contributed by atoms with Crippen molar-refractivity contribution in [3.63, 3.8) is 0 Å². The second-order valence-electron chi connectivity index (χ2n) is 5.89. The standard InChI is InChI=1S/C18H14BrClN2O3/c1-18(12-3-2-4-13(19)9-12)16(24)22(17(25)21-18)10-15(23)11-5-7-14(20)8-6-11/h2-9H,10H2,1H3,(H,21,25). The highest BCUT2D eigenvalue weighted by atomic mass is 79.9.